The summed E-state index contributed by atoms with van der Waals surface area (Å²) in [5, 5.41) is 10.6. The van der Waals surface area contributed by atoms with Crippen LogP contribution in [0.15, 0.2) is 12.9 Å². The molecule has 1 aromatic rings. The number of hydrogen-bond donors (Lipinski definition) is 2. The van der Waals surface area contributed by atoms with Crippen molar-refractivity contribution in [3.05, 3.63) is 24.3 Å². The van der Waals surface area contributed by atoms with Gasteiger partial charge in [0, 0.05) is 18.2 Å². The number of aliphatic hydroxyl groups is 1. The van der Waals surface area contributed by atoms with Crippen molar-refractivity contribution < 1.29 is 9.84 Å². The van der Waals surface area contributed by atoms with Gasteiger partial charge >= 0.3 is 0 Å². The zero-order valence-electron chi connectivity index (χ0n) is 12.3. The molecule has 1 aromatic heterocycles. The normalized spacial score (nSPS) is 38.8. The molecule has 3 rings (SSSR count). The molecule has 2 aliphatic rings. The molecule has 5 heteroatoms. The minimum Gasteiger partial charge on any atom is -0.397 e. The van der Waals surface area contributed by atoms with Crippen LogP contribution in [0.3, 0.4) is 0 Å². The molecular weight excluding hydrogens is 254 g/mol. The quantitative estimate of drug-likeness (QED) is 0.870. The molecule has 2 aliphatic carbocycles. The van der Waals surface area contributed by atoms with Crippen LogP contribution in [-0.4, -0.2) is 34.5 Å². The number of rotatable bonds is 4. The number of hydrogen-bond acceptors (Lipinski definition) is 4. The molecule has 0 saturated heterocycles. The van der Waals surface area contributed by atoms with E-state index in [1.54, 1.807) is 13.4 Å². The molecule has 0 aromatic carbocycles. The van der Waals surface area contributed by atoms with Crippen LogP contribution in [0.1, 0.15) is 30.8 Å². The monoisotopic (exact) mass is 277 g/mol. The number of fused-ring (bicyclic) bond motifs is 1. The topological polar surface area (TPSA) is 73.3 Å². The first kappa shape index (κ1) is 13.6. The van der Waals surface area contributed by atoms with Crippen molar-refractivity contribution in [3.8, 4) is 0 Å². The Bertz CT molecular complexity index is 553. The highest BCUT2D eigenvalue weighted by Crippen LogP contribution is 2.70. The fourth-order valence-electron chi connectivity index (χ4n) is 4.34. The van der Waals surface area contributed by atoms with Crippen LogP contribution in [0.5, 0.6) is 0 Å². The SMILES string of the molecule is C=C(N)c1ncn([C@@H]2C[C@@]3(COC)C([C@H]2O)[C@@H]3C)c1C. The van der Waals surface area contributed by atoms with Crippen LogP contribution in [0, 0.1) is 24.2 Å². The summed E-state index contributed by atoms with van der Waals surface area (Å²) in [5.74, 6) is 0.861. The number of ether oxygens (including phenoxy) is 1. The fourth-order valence-corrected chi connectivity index (χ4v) is 4.34. The Labute approximate surface area is 119 Å². The maximum atomic E-state index is 10.6. The molecule has 5 nitrogen and oxygen atoms in total. The third kappa shape index (κ3) is 1.59. The van der Waals surface area contributed by atoms with Gasteiger partial charge in [-0.1, -0.05) is 13.5 Å². The lowest BCUT2D eigenvalue weighted by molar-refractivity contribution is 0.103. The molecule has 0 amide bonds. The highest BCUT2D eigenvalue weighted by molar-refractivity contribution is 5.58. The van der Waals surface area contributed by atoms with Gasteiger partial charge in [0.1, 0.15) is 5.69 Å². The zero-order valence-corrected chi connectivity index (χ0v) is 12.3. The summed E-state index contributed by atoms with van der Waals surface area (Å²) in [6, 6.07) is 0.0620. The highest BCUT2D eigenvalue weighted by atomic mass is 16.5. The maximum absolute atomic E-state index is 10.6. The number of methoxy groups -OCH3 is 1. The summed E-state index contributed by atoms with van der Waals surface area (Å²) < 4.78 is 7.43. The lowest BCUT2D eigenvalue weighted by Crippen LogP contribution is -2.24. The minimum atomic E-state index is -0.341. The molecule has 2 fully saturated rings. The Morgan fingerprint density at radius 1 is 1.70 bits per heavy atom. The Morgan fingerprint density at radius 2 is 2.40 bits per heavy atom. The number of nitrogens with zero attached hydrogens (tertiary/aromatic N) is 2. The molecule has 1 unspecified atom stereocenters. The molecule has 110 valence electrons. The lowest BCUT2D eigenvalue weighted by atomic mass is 9.98. The van der Waals surface area contributed by atoms with E-state index < -0.39 is 0 Å². The van der Waals surface area contributed by atoms with Crippen LogP contribution >= 0.6 is 0 Å². The van der Waals surface area contributed by atoms with Crippen LogP contribution in [0.2, 0.25) is 0 Å². The van der Waals surface area contributed by atoms with Crippen molar-refractivity contribution in [2.75, 3.05) is 13.7 Å². The zero-order chi connectivity index (χ0) is 14.7. The van der Waals surface area contributed by atoms with Crippen molar-refractivity contribution >= 4 is 5.70 Å². The van der Waals surface area contributed by atoms with Gasteiger partial charge in [0.15, 0.2) is 0 Å². The van der Waals surface area contributed by atoms with E-state index in [0.717, 1.165) is 24.4 Å². The average molecular weight is 277 g/mol. The third-order valence-corrected chi connectivity index (χ3v) is 5.47. The van der Waals surface area contributed by atoms with E-state index in [0.29, 0.717) is 17.5 Å². The first-order valence-corrected chi connectivity index (χ1v) is 7.09. The number of nitrogens with two attached hydrogens (primary N) is 1. The Kier molecular flexibility index (Phi) is 2.95. The first-order valence-electron chi connectivity index (χ1n) is 7.09. The van der Waals surface area contributed by atoms with Gasteiger partial charge in [-0.05, 0) is 25.2 Å². The molecular formula is C15H23N3O2. The summed E-state index contributed by atoms with van der Waals surface area (Å²) in [5.41, 5.74) is 8.05. The van der Waals surface area contributed by atoms with Gasteiger partial charge in [0.2, 0.25) is 0 Å². The van der Waals surface area contributed by atoms with Gasteiger partial charge in [-0.3, -0.25) is 0 Å². The average Bonchev–Trinajstić information content (AvgIpc) is 2.70. The second kappa shape index (κ2) is 4.33. The van der Waals surface area contributed by atoms with Crippen molar-refractivity contribution in [2.24, 2.45) is 23.0 Å². The standard InChI is InChI=1S/C15H23N3O2/c1-8-12-14(19)11(5-15(8,12)6-20-4)18-7-17-13(9(2)16)10(18)3/h7-8,11-12,14,19H,2,5-6,16H2,1,3-4H3/t8-,11+,12?,14-,15-/m0/s1. The van der Waals surface area contributed by atoms with E-state index in [9.17, 15) is 5.11 Å². The molecule has 0 spiro atoms. The third-order valence-electron chi connectivity index (χ3n) is 5.47. The van der Waals surface area contributed by atoms with Gasteiger partial charge in [-0.25, -0.2) is 4.98 Å². The van der Waals surface area contributed by atoms with Crippen LogP contribution < -0.4 is 5.73 Å². The van der Waals surface area contributed by atoms with Crippen LogP contribution in [-0.2, 0) is 4.74 Å². The predicted molar refractivity (Wildman–Crippen MR) is 76.8 cm³/mol. The van der Waals surface area contributed by atoms with E-state index in [1.807, 2.05) is 11.5 Å². The summed E-state index contributed by atoms with van der Waals surface area (Å²) in [6.07, 6.45) is 2.36. The number of aliphatic hydroxyl groups excluding tert-OH is 1. The van der Waals surface area contributed by atoms with Crippen LogP contribution in [0.25, 0.3) is 5.70 Å². The second-order valence-electron chi connectivity index (χ2n) is 6.35. The smallest absolute Gasteiger partial charge is 0.106 e. The Hall–Kier alpha value is -1.33. The molecule has 3 N–H and O–H groups in total. The molecule has 1 heterocycles. The Morgan fingerprint density at radius 3 is 2.95 bits per heavy atom. The molecule has 0 radical (unpaired) electrons. The molecule has 0 aliphatic heterocycles. The fraction of sp³-hybridized carbons (Fsp3) is 0.667. The first-order chi connectivity index (χ1) is 9.44. The van der Waals surface area contributed by atoms with E-state index in [2.05, 4.69) is 18.5 Å². The van der Waals surface area contributed by atoms with Crippen molar-refractivity contribution in [1.29, 1.82) is 0 Å². The molecule has 5 atom stereocenters. The van der Waals surface area contributed by atoms with E-state index >= 15 is 0 Å². The summed E-state index contributed by atoms with van der Waals surface area (Å²) in [6.45, 7) is 8.64. The predicted octanol–water partition coefficient (Wildman–Crippen LogP) is 1.33. The molecule has 2 saturated carbocycles. The van der Waals surface area contributed by atoms with Crippen LogP contribution in [0.4, 0.5) is 0 Å². The number of aromatic nitrogens is 2. The number of imidazole rings is 1. The maximum Gasteiger partial charge on any atom is 0.106 e. The largest absolute Gasteiger partial charge is 0.397 e. The summed E-state index contributed by atoms with van der Waals surface area (Å²) in [7, 11) is 1.73. The second-order valence-corrected chi connectivity index (χ2v) is 6.35. The van der Waals surface area contributed by atoms with Gasteiger partial charge < -0.3 is 20.1 Å². The van der Waals surface area contributed by atoms with Gasteiger partial charge in [-0.2, -0.15) is 0 Å². The molecule has 20 heavy (non-hydrogen) atoms. The van der Waals surface area contributed by atoms with Gasteiger partial charge in [0.25, 0.3) is 0 Å². The summed E-state index contributed by atoms with van der Waals surface area (Å²) in [4.78, 5) is 4.32. The highest BCUT2D eigenvalue weighted by Gasteiger charge is 2.71. The van der Waals surface area contributed by atoms with Crippen molar-refractivity contribution in [1.82, 2.24) is 9.55 Å². The summed E-state index contributed by atoms with van der Waals surface area (Å²) >= 11 is 0. The van der Waals surface area contributed by atoms with Crippen molar-refractivity contribution in [3.63, 3.8) is 0 Å². The Balaban J connectivity index is 1.89. The lowest BCUT2D eigenvalue weighted by Gasteiger charge is -2.24. The minimum absolute atomic E-state index is 0.0620. The van der Waals surface area contributed by atoms with Gasteiger partial charge in [0.05, 0.1) is 30.8 Å². The van der Waals surface area contributed by atoms with E-state index in [-0.39, 0.29) is 17.6 Å². The van der Waals surface area contributed by atoms with Gasteiger partial charge in [-0.15, -0.1) is 0 Å². The van der Waals surface area contributed by atoms with Crippen molar-refractivity contribution in [2.45, 2.75) is 32.4 Å². The van der Waals surface area contributed by atoms with E-state index in [1.165, 1.54) is 0 Å². The molecule has 0 bridgehead atoms. The van der Waals surface area contributed by atoms with E-state index in [4.69, 9.17) is 10.5 Å².